The molecule has 0 saturated carbocycles. The van der Waals surface area contributed by atoms with Crippen molar-refractivity contribution in [3.05, 3.63) is 29.3 Å². The molecule has 0 atom stereocenters. The summed E-state index contributed by atoms with van der Waals surface area (Å²) in [6, 6.07) is 1.61. The van der Waals surface area contributed by atoms with Crippen molar-refractivity contribution >= 4 is 34.0 Å². The van der Waals surface area contributed by atoms with Crippen LogP contribution in [0.5, 0.6) is 10.9 Å². The molecule has 0 aromatic carbocycles. The number of aryl methyl sites for hydroxylation is 1. The SMILES string of the molecule is COc1nnc(NC(=O)c2nn(C)cc2-c2cc(Cl)ncc2OC)s1. The average Bonchev–Trinajstić information content (AvgIpc) is 3.21. The van der Waals surface area contributed by atoms with Crippen LogP contribution in [0.25, 0.3) is 11.1 Å². The van der Waals surface area contributed by atoms with Gasteiger partial charge in [-0.2, -0.15) is 5.10 Å². The number of ether oxygens (including phenoxy) is 2. The molecule has 3 aromatic rings. The van der Waals surface area contributed by atoms with E-state index in [1.807, 2.05) is 0 Å². The molecule has 3 heterocycles. The maximum absolute atomic E-state index is 12.6. The Morgan fingerprint density at radius 3 is 2.76 bits per heavy atom. The molecule has 1 amide bonds. The van der Waals surface area contributed by atoms with E-state index in [4.69, 9.17) is 21.1 Å². The molecule has 0 aliphatic heterocycles. The van der Waals surface area contributed by atoms with Gasteiger partial charge in [0, 0.05) is 24.4 Å². The van der Waals surface area contributed by atoms with Crippen molar-refractivity contribution in [2.24, 2.45) is 7.05 Å². The molecule has 0 spiro atoms. The Bertz CT molecular complexity index is 925. The van der Waals surface area contributed by atoms with Gasteiger partial charge < -0.3 is 9.47 Å². The van der Waals surface area contributed by atoms with Crippen LogP contribution in [-0.2, 0) is 7.05 Å². The van der Waals surface area contributed by atoms with Crippen LogP contribution in [-0.4, -0.2) is 45.1 Å². The number of halogens is 1. The van der Waals surface area contributed by atoms with Crippen LogP contribution in [0.15, 0.2) is 18.5 Å². The first-order valence-corrected chi connectivity index (χ1v) is 8.13. The fourth-order valence-electron chi connectivity index (χ4n) is 2.14. The minimum Gasteiger partial charge on any atom is -0.494 e. The number of amides is 1. The van der Waals surface area contributed by atoms with Crippen LogP contribution in [0.1, 0.15) is 10.5 Å². The number of aromatic nitrogens is 5. The molecule has 3 rings (SSSR count). The summed E-state index contributed by atoms with van der Waals surface area (Å²) < 4.78 is 11.8. The average molecular weight is 381 g/mol. The normalized spacial score (nSPS) is 10.6. The van der Waals surface area contributed by atoms with Crippen molar-refractivity contribution in [3.63, 3.8) is 0 Å². The maximum atomic E-state index is 12.6. The third-order valence-corrected chi connectivity index (χ3v) is 4.20. The molecule has 0 unspecified atom stereocenters. The molecule has 1 N–H and O–H groups in total. The number of methoxy groups -OCH3 is 2. The second-order valence-electron chi connectivity index (χ2n) is 4.80. The Morgan fingerprint density at radius 2 is 2.08 bits per heavy atom. The summed E-state index contributed by atoms with van der Waals surface area (Å²) in [4.78, 5) is 16.6. The Morgan fingerprint density at radius 1 is 1.28 bits per heavy atom. The molecule has 0 fully saturated rings. The largest absolute Gasteiger partial charge is 0.494 e. The second-order valence-corrected chi connectivity index (χ2v) is 6.13. The van der Waals surface area contributed by atoms with Crippen LogP contribution in [0, 0.1) is 0 Å². The second kappa shape index (κ2) is 7.03. The van der Waals surface area contributed by atoms with E-state index in [0.29, 0.717) is 27.2 Å². The number of rotatable bonds is 5. The first-order chi connectivity index (χ1) is 12.0. The van der Waals surface area contributed by atoms with Crippen LogP contribution in [0.3, 0.4) is 0 Å². The molecule has 9 nitrogen and oxygen atoms in total. The molecule has 0 bridgehead atoms. The first-order valence-electron chi connectivity index (χ1n) is 6.94. The first kappa shape index (κ1) is 17.1. The highest BCUT2D eigenvalue weighted by Crippen LogP contribution is 2.33. The summed E-state index contributed by atoms with van der Waals surface area (Å²) in [7, 11) is 4.70. The minimum atomic E-state index is -0.440. The lowest BCUT2D eigenvalue weighted by atomic mass is 10.1. The Labute approximate surface area is 151 Å². The van der Waals surface area contributed by atoms with E-state index in [2.05, 4.69) is 25.6 Å². The number of nitrogens with zero attached hydrogens (tertiary/aromatic N) is 5. The van der Waals surface area contributed by atoms with Crippen molar-refractivity contribution in [1.82, 2.24) is 25.0 Å². The van der Waals surface area contributed by atoms with Gasteiger partial charge in [-0.15, -0.1) is 5.10 Å². The smallest absolute Gasteiger partial charge is 0.295 e. The van der Waals surface area contributed by atoms with Crippen LogP contribution in [0.2, 0.25) is 5.15 Å². The molecular weight excluding hydrogens is 368 g/mol. The van der Waals surface area contributed by atoms with Gasteiger partial charge in [0.1, 0.15) is 10.9 Å². The molecule has 0 aliphatic carbocycles. The third-order valence-electron chi connectivity index (χ3n) is 3.19. The van der Waals surface area contributed by atoms with Gasteiger partial charge in [-0.3, -0.25) is 14.8 Å². The van der Waals surface area contributed by atoms with Gasteiger partial charge >= 0.3 is 0 Å². The van der Waals surface area contributed by atoms with E-state index in [-0.39, 0.29) is 10.8 Å². The van der Waals surface area contributed by atoms with Gasteiger partial charge in [0.25, 0.3) is 11.1 Å². The van der Waals surface area contributed by atoms with Gasteiger partial charge in [0.05, 0.1) is 20.4 Å². The predicted molar refractivity (Wildman–Crippen MR) is 92.4 cm³/mol. The molecule has 3 aromatic heterocycles. The number of pyridine rings is 1. The van der Waals surface area contributed by atoms with Crippen molar-refractivity contribution in [3.8, 4) is 22.1 Å². The van der Waals surface area contributed by atoms with E-state index in [1.165, 1.54) is 25.1 Å². The lowest BCUT2D eigenvalue weighted by Gasteiger charge is -2.08. The zero-order valence-electron chi connectivity index (χ0n) is 13.5. The monoisotopic (exact) mass is 380 g/mol. The quantitative estimate of drug-likeness (QED) is 0.677. The molecule has 0 aliphatic rings. The third kappa shape index (κ3) is 3.54. The van der Waals surface area contributed by atoms with E-state index >= 15 is 0 Å². The van der Waals surface area contributed by atoms with Crippen LogP contribution < -0.4 is 14.8 Å². The zero-order valence-corrected chi connectivity index (χ0v) is 15.1. The summed E-state index contributed by atoms with van der Waals surface area (Å²) in [6.45, 7) is 0. The fourth-order valence-corrected chi connectivity index (χ4v) is 2.86. The summed E-state index contributed by atoms with van der Waals surface area (Å²) in [5.74, 6) is 0.0356. The van der Waals surface area contributed by atoms with Crippen molar-refractivity contribution in [2.45, 2.75) is 0 Å². The Hall–Kier alpha value is -2.72. The fraction of sp³-hybridized carbons (Fsp3) is 0.214. The summed E-state index contributed by atoms with van der Waals surface area (Å²) >= 11 is 7.09. The highest BCUT2D eigenvalue weighted by Gasteiger charge is 2.22. The van der Waals surface area contributed by atoms with Crippen LogP contribution >= 0.6 is 22.9 Å². The number of hydrogen-bond acceptors (Lipinski definition) is 8. The van der Waals surface area contributed by atoms with E-state index in [0.717, 1.165) is 11.3 Å². The predicted octanol–water partition coefficient (Wildman–Crippen LogP) is 2.26. The van der Waals surface area contributed by atoms with Gasteiger partial charge in [0.15, 0.2) is 5.69 Å². The highest BCUT2D eigenvalue weighted by molar-refractivity contribution is 7.17. The number of hydrogen-bond donors (Lipinski definition) is 1. The van der Waals surface area contributed by atoms with E-state index in [1.54, 1.807) is 19.3 Å². The topological polar surface area (TPSA) is 104 Å². The zero-order chi connectivity index (χ0) is 18.0. The van der Waals surface area contributed by atoms with Crippen molar-refractivity contribution < 1.29 is 14.3 Å². The standard InChI is InChI=1S/C14H13ClN6O3S/c1-21-6-8(7-4-10(15)16-5-9(7)23-2)11(20-21)12(22)17-13-18-19-14(24-3)25-13/h4-6H,1-3H3,(H,17,18,22). The Kier molecular flexibility index (Phi) is 4.81. The lowest BCUT2D eigenvalue weighted by Crippen LogP contribution is -2.14. The number of carbonyl (C=O) groups excluding carboxylic acids is 1. The molecule has 25 heavy (non-hydrogen) atoms. The molecule has 0 radical (unpaired) electrons. The van der Waals surface area contributed by atoms with Crippen molar-refractivity contribution in [2.75, 3.05) is 19.5 Å². The summed E-state index contributed by atoms with van der Waals surface area (Å²) in [6.07, 6.45) is 3.19. The summed E-state index contributed by atoms with van der Waals surface area (Å²) in [5.41, 5.74) is 1.35. The molecule has 0 saturated heterocycles. The van der Waals surface area contributed by atoms with Gasteiger partial charge in [-0.1, -0.05) is 16.7 Å². The van der Waals surface area contributed by atoms with E-state index < -0.39 is 5.91 Å². The number of anilines is 1. The van der Waals surface area contributed by atoms with E-state index in [9.17, 15) is 4.79 Å². The highest BCUT2D eigenvalue weighted by atomic mass is 35.5. The lowest BCUT2D eigenvalue weighted by molar-refractivity contribution is 0.102. The molecular formula is C14H13ClN6O3S. The number of nitrogens with one attached hydrogen (secondary N) is 1. The van der Waals surface area contributed by atoms with Crippen LogP contribution in [0.4, 0.5) is 5.13 Å². The summed E-state index contributed by atoms with van der Waals surface area (Å²) in [5, 5.41) is 15.4. The van der Waals surface area contributed by atoms with Gasteiger partial charge in [0.2, 0.25) is 5.13 Å². The molecule has 130 valence electrons. The van der Waals surface area contributed by atoms with Crippen molar-refractivity contribution in [1.29, 1.82) is 0 Å². The van der Waals surface area contributed by atoms with Gasteiger partial charge in [-0.25, -0.2) is 4.98 Å². The van der Waals surface area contributed by atoms with Gasteiger partial charge in [-0.05, 0) is 17.4 Å². The minimum absolute atomic E-state index is 0.192. The number of carbonyl (C=O) groups is 1. The Balaban J connectivity index is 1.98. The molecule has 11 heteroatoms. The maximum Gasteiger partial charge on any atom is 0.295 e.